The Morgan fingerprint density at radius 3 is 1.55 bits per heavy atom. The zero-order valence-corrected chi connectivity index (χ0v) is 30.0. The van der Waals surface area contributed by atoms with Gasteiger partial charge in [0.15, 0.2) is 24.5 Å². The minimum absolute atomic E-state index is 0.403. The highest BCUT2D eigenvalue weighted by molar-refractivity contribution is 5.78. The van der Waals surface area contributed by atoms with Crippen LogP contribution in [0.25, 0.3) is 0 Å². The van der Waals surface area contributed by atoms with Gasteiger partial charge in [0.25, 0.3) is 0 Å². The smallest absolute Gasteiger partial charge is 0.311 e. The standard InChI is InChI=1S/C35H52N2O10/c1-32(2,3)28(38)43-19-23-24(45-29(39)33(4,5)6)25(46-30(40)34(7,8)9)26(47-31(41)35(10,11)12)27(44-23)37-22(18-36)20-14-16-21(42-13)17-15-20/h14-17,22-27,37H,19H2,1-13H3/t22-,23+,24-,25-,26+,27+/m0/s1. The van der Waals surface area contributed by atoms with Crippen LogP contribution in [0.3, 0.4) is 0 Å². The number of benzene rings is 1. The third-order valence-electron chi connectivity index (χ3n) is 7.10. The lowest BCUT2D eigenvalue weighted by atomic mass is 9.92. The molecule has 0 aliphatic carbocycles. The molecule has 12 heteroatoms. The quantitative estimate of drug-likeness (QED) is 0.278. The lowest BCUT2D eigenvalue weighted by Gasteiger charge is -2.46. The fourth-order valence-electron chi connectivity index (χ4n) is 4.03. The zero-order valence-electron chi connectivity index (χ0n) is 30.0. The van der Waals surface area contributed by atoms with Gasteiger partial charge in [-0.2, -0.15) is 5.26 Å². The van der Waals surface area contributed by atoms with Crippen molar-refractivity contribution in [2.75, 3.05) is 13.7 Å². The van der Waals surface area contributed by atoms with Gasteiger partial charge in [-0.1, -0.05) is 12.1 Å². The zero-order chi connectivity index (χ0) is 36.1. The maximum atomic E-state index is 13.4. The summed E-state index contributed by atoms with van der Waals surface area (Å²) in [4.78, 5) is 53.0. The van der Waals surface area contributed by atoms with Gasteiger partial charge in [0.1, 0.15) is 24.5 Å². The predicted molar refractivity (Wildman–Crippen MR) is 172 cm³/mol. The summed E-state index contributed by atoms with van der Waals surface area (Å²) < 4.78 is 35.3. The minimum Gasteiger partial charge on any atom is -0.497 e. The Balaban J connectivity index is 2.75. The van der Waals surface area contributed by atoms with Gasteiger partial charge in [0.2, 0.25) is 0 Å². The average molecular weight is 661 g/mol. The molecule has 1 fully saturated rings. The van der Waals surface area contributed by atoms with E-state index in [0.29, 0.717) is 11.3 Å². The number of nitrogens with zero attached hydrogens (tertiary/aromatic N) is 1. The lowest BCUT2D eigenvalue weighted by molar-refractivity contribution is -0.265. The first-order chi connectivity index (χ1) is 21.4. The van der Waals surface area contributed by atoms with Crippen LogP contribution in [0.4, 0.5) is 0 Å². The molecular weight excluding hydrogens is 608 g/mol. The molecule has 47 heavy (non-hydrogen) atoms. The molecule has 0 bridgehead atoms. The van der Waals surface area contributed by atoms with E-state index in [1.54, 1.807) is 107 Å². The molecule has 0 aromatic heterocycles. The van der Waals surface area contributed by atoms with Crippen LogP contribution >= 0.6 is 0 Å². The molecule has 0 unspecified atom stereocenters. The van der Waals surface area contributed by atoms with Crippen LogP contribution in [0, 0.1) is 33.0 Å². The van der Waals surface area contributed by atoms with E-state index in [4.69, 9.17) is 28.4 Å². The summed E-state index contributed by atoms with van der Waals surface area (Å²) in [7, 11) is 1.52. The van der Waals surface area contributed by atoms with E-state index in [9.17, 15) is 24.4 Å². The molecule has 0 spiro atoms. The minimum atomic E-state index is -1.43. The Bertz CT molecular complexity index is 1310. The number of carbonyl (C=O) groups is 4. The molecule has 1 heterocycles. The first-order valence-electron chi connectivity index (χ1n) is 15.7. The van der Waals surface area contributed by atoms with Crippen molar-refractivity contribution in [2.24, 2.45) is 21.7 Å². The molecule has 262 valence electrons. The molecule has 1 aromatic rings. The van der Waals surface area contributed by atoms with Crippen LogP contribution in [0.15, 0.2) is 24.3 Å². The summed E-state index contributed by atoms with van der Waals surface area (Å²) in [5.41, 5.74) is -3.32. The Kier molecular flexibility index (Phi) is 12.6. The molecule has 1 N–H and O–H groups in total. The largest absolute Gasteiger partial charge is 0.497 e. The molecular formula is C35H52N2O10. The van der Waals surface area contributed by atoms with E-state index in [2.05, 4.69) is 11.4 Å². The number of hydrogen-bond acceptors (Lipinski definition) is 12. The van der Waals surface area contributed by atoms with Crippen molar-refractivity contribution < 1.29 is 47.6 Å². The van der Waals surface area contributed by atoms with E-state index in [1.807, 2.05) is 0 Å². The van der Waals surface area contributed by atoms with E-state index in [0.717, 1.165) is 0 Å². The summed E-state index contributed by atoms with van der Waals surface area (Å²) >= 11 is 0. The second kappa shape index (κ2) is 15.0. The molecule has 1 saturated heterocycles. The van der Waals surface area contributed by atoms with Crippen molar-refractivity contribution in [1.29, 1.82) is 5.26 Å². The summed E-state index contributed by atoms with van der Waals surface area (Å²) in [6.45, 7) is 19.5. The average Bonchev–Trinajstić information content (AvgIpc) is 2.95. The van der Waals surface area contributed by atoms with Gasteiger partial charge in [0, 0.05) is 0 Å². The highest BCUT2D eigenvalue weighted by atomic mass is 16.7. The Morgan fingerprint density at radius 2 is 1.15 bits per heavy atom. The highest BCUT2D eigenvalue weighted by Gasteiger charge is 2.55. The Morgan fingerprint density at radius 1 is 0.723 bits per heavy atom. The molecule has 1 aliphatic heterocycles. The number of nitrogens with one attached hydrogen (secondary N) is 1. The summed E-state index contributed by atoms with van der Waals surface area (Å²) in [6, 6.07) is 7.92. The fourth-order valence-corrected chi connectivity index (χ4v) is 4.03. The normalized spacial score (nSPS) is 22.7. The van der Waals surface area contributed by atoms with Crippen molar-refractivity contribution in [2.45, 2.75) is 120 Å². The van der Waals surface area contributed by atoms with Crippen molar-refractivity contribution in [3.05, 3.63) is 29.8 Å². The van der Waals surface area contributed by atoms with Crippen molar-refractivity contribution in [3.8, 4) is 11.8 Å². The number of esters is 4. The van der Waals surface area contributed by atoms with E-state index in [-0.39, 0.29) is 0 Å². The van der Waals surface area contributed by atoms with E-state index in [1.165, 1.54) is 7.11 Å². The second-order valence-corrected chi connectivity index (χ2v) is 15.8. The Hall–Kier alpha value is -3.69. The van der Waals surface area contributed by atoms with Gasteiger partial charge in [0.05, 0.1) is 34.8 Å². The molecule has 1 aromatic carbocycles. The Labute approximate surface area is 278 Å². The molecule has 6 atom stereocenters. The van der Waals surface area contributed by atoms with Crippen LogP contribution in [-0.2, 0) is 42.9 Å². The van der Waals surface area contributed by atoms with Crippen LogP contribution in [0.1, 0.15) is 94.7 Å². The highest BCUT2D eigenvalue weighted by Crippen LogP contribution is 2.34. The fraction of sp³-hybridized carbons (Fsp3) is 0.686. The van der Waals surface area contributed by atoms with Gasteiger partial charge in [-0.3, -0.25) is 24.5 Å². The van der Waals surface area contributed by atoms with Crippen molar-refractivity contribution in [3.63, 3.8) is 0 Å². The summed E-state index contributed by atoms with van der Waals surface area (Å²) in [5.74, 6) is -1.96. The third-order valence-corrected chi connectivity index (χ3v) is 7.10. The van der Waals surface area contributed by atoms with Crippen LogP contribution in [0.5, 0.6) is 5.75 Å². The SMILES string of the molecule is COc1ccc([C@H](C#N)N[C@@H]2O[C@H](COC(=O)C(C)(C)C)[C@H](OC(=O)C(C)(C)C)[C@H](OC(=O)C(C)(C)C)[C@H]2OC(=O)C(C)(C)C)cc1. The van der Waals surface area contributed by atoms with E-state index >= 15 is 0 Å². The first kappa shape index (κ1) is 39.5. The van der Waals surface area contributed by atoms with Gasteiger partial charge >= 0.3 is 23.9 Å². The predicted octanol–water partition coefficient (Wildman–Crippen LogP) is 5.04. The number of methoxy groups -OCH3 is 1. The molecule has 12 nitrogen and oxygen atoms in total. The third kappa shape index (κ3) is 10.9. The summed E-state index contributed by atoms with van der Waals surface area (Å²) in [6.07, 6.45) is -6.72. The molecule has 1 aliphatic rings. The molecule has 0 amide bonds. The maximum Gasteiger partial charge on any atom is 0.311 e. The van der Waals surface area contributed by atoms with Crippen LogP contribution < -0.4 is 10.1 Å². The monoisotopic (exact) mass is 660 g/mol. The summed E-state index contributed by atoms with van der Waals surface area (Å²) in [5, 5.41) is 13.3. The molecule has 2 rings (SSSR count). The topological polar surface area (TPSA) is 159 Å². The number of nitriles is 1. The van der Waals surface area contributed by atoms with Crippen LogP contribution in [0.2, 0.25) is 0 Å². The first-order valence-corrected chi connectivity index (χ1v) is 15.7. The maximum absolute atomic E-state index is 13.4. The number of hydrogen-bond donors (Lipinski definition) is 1. The van der Waals surface area contributed by atoms with E-state index < -0.39 is 88.8 Å². The number of rotatable bonds is 9. The van der Waals surface area contributed by atoms with Gasteiger partial charge < -0.3 is 28.4 Å². The van der Waals surface area contributed by atoms with Crippen molar-refractivity contribution >= 4 is 23.9 Å². The molecule has 0 saturated carbocycles. The second-order valence-electron chi connectivity index (χ2n) is 15.8. The number of carbonyl (C=O) groups excluding carboxylic acids is 4. The van der Waals surface area contributed by atoms with Gasteiger partial charge in [-0.15, -0.1) is 0 Å². The molecule has 0 radical (unpaired) electrons. The van der Waals surface area contributed by atoms with Crippen molar-refractivity contribution in [1.82, 2.24) is 5.32 Å². The lowest BCUT2D eigenvalue weighted by Crippen LogP contribution is -2.66. The van der Waals surface area contributed by atoms with Gasteiger partial charge in [-0.05, 0) is 101 Å². The van der Waals surface area contributed by atoms with Crippen LogP contribution in [-0.4, -0.2) is 68.2 Å². The van der Waals surface area contributed by atoms with Gasteiger partial charge in [-0.25, -0.2) is 0 Å². The number of ether oxygens (including phenoxy) is 6.